The molecule has 0 saturated carbocycles. The normalized spacial score (nSPS) is 13.1. The summed E-state index contributed by atoms with van der Waals surface area (Å²) in [5.74, 6) is 0.680. The minimum absolute atomic E-state index is 0.269. The quantitative estimate of drug-likeness (QED) is 0.722. The highest BCUT2D eigenvalue weighted by molar-refractivity contribution is 7.99. The average Bonchev–Trinajstić information content (AvgIpc) is 2.47. The Morgan fingerprint density at radius 2 is 2.10 bits per heavy atom. The SMILES string of the molecule is CNCc1cc(S(=O)(=O)NCCC(C)SC)ccc1OC. The van der Waals surface area contributed by atoms with Crippen LogP contribution in [-0.2, 0) is 16.6 Å². The van der Waals surface area contributed by atoms with Crippen LogP contribution in [0, 0.1) is 0 Å². The molecule has 0 aliphatic rings. The Morgan fingerprint density at radius 1 is 1.38 bits per heavy atom. The number of rotatable bonds is 9. The van der Waals surface area contributed by atoms with Crippen LogP contribution in [-0.4, -0.2) is 40.6 Å². The van der Waals surface area contributed by atoms with Crippen LogP contribution in [0.5, 0.6) is 5.75 Å². The van der Waals surface area contributed by atoms with Crippen LogP contribution in [0.3, 0.4) is 0 Å². The summed E-state index contributed by atoms with van der Waals surface area (Å²) in [6.07, 6.45) is 2.83. The summed E-state index contributed by atoms with van der Waals surface area (Å²) in [5, 5.41) is 3.44. The van der Waals surface area contributed by atoms with Gasteiger partial charge in [0.15, 0.2) is 0 Å². The smallest absolute Gasteiger partial charge is 0.240 e. The summed E-state index contributed by atoms with van der Waals surface area (Å²) in [4.78, 5) is 0.269. The molecular weight excluding hydrogens is 308 g/mol. The van der Waals surface area contributed by atoms with Gasteiger partial charge < -0.3 is 10.1 Å². The van der Waals surface area contributed by atoms with E-state index in [1.807, 2.05) is 13.3 Å². The molecule has 120 valence electrons. The number of ether oxygens (including phenoxy) is 1. The summed E-state index contributed by atoms with van der Waals surface area (Å²) in [7, 11) is -0.0902. The van der Waals surface area contributed by atoms with Crippen molar-refractivity contribution in [1.82, 2.24) is 10.0 Å². The van der Waals surface area contributed by atoms with E-state index in [-0.39, 0.29) is 4.90 Å². The predicted molar refractivity (Wildman–Crippen MR) is 88.5 cm³/mol. The minimum atomic E-state index is -3.47. The fraction of sp³-hybridized carbons (Fsp3) is 0.571. The molecule has 1 unspecified atom stereocenters. The molecule has 0 bridgehead atoms. The first-order valence-corrected chi connectivity index (χ1v) is 9.55. The molecule has 0 saturated heterocycles. The van der Waals surface area contributed by atoms with Gasteiger partial charge in [0.2, 0.25) is 10.0 Å². The molecule has 7 heteroatoms. The lowest BCUT2D eigenvalue weighted by atomic mass is 10.2. The lowest BCUT2D eigenvalue weighted by Gasteiger charge is -2.13. The van der Waals surface area contributed by atoms with Gasteiger partial charge in [-0.1, -0.05) is 6.92 Å². The number of thioether (sulfide) groups is 1. The second-order valence-electron chi connectivity index (χ2n) is 4.74. The first-order chi connectivity index (χ1) is 9.94. The van der Waals surface area contributed by atoms with Gasteiger partial charge in [-0.15, -0.1) is 0 Å². The van der Waals surface area contributed by atoms with Crippen molar-refractivity contribution in [1.29, 1.82) is 0 Å². The monoisotopic (exact) mass is 332 g/mol. The second kappa shape index (κ2) is 8.63. The summed E-state index contributed by atoms with van der Waals surface area (Å²) in [6, 6.07) is 4.90. The number of methoxy groups -OCH3 is 1. The number of hydrogen-bond acceptors (Lipinski definition) is 5. The molecule has 0 heterocycles. The van der Waals surface area contributed by atoms with Crippen molar-refractivity contribution < 1.29 is 13.2 Å². The van der Waals surface area contributed by atoms with Crippen LogP contribution in [0.25, 0.3) is 0 Å². The zero-order valence-corrected chi connectivity index (χ0v) is 14.6. The molecule has 2 N–H and O–H groups in total. The van der Waals surface area contributed by atoms with Crippen LogP contribution < -0.4 is 14.8 Å². The molecule has 5 nitrogen and oxygen atoms in total. The molecule has 0 aromatic heterocycles. The predicted octanol–water partition coefficient (Wildman–Crippen LogP) is 1.83. The Hall–Kier alpha value is -0.760. The highest BCUT2D eigenvalue weighted by atomic mass is 32.2. The van der Waals surface area contributed by atoms with Gasteiger partial charge >= 0.3 is 0 Å². The van der Waals surface area contributed by atoms with E-state index in [2.05, 4.69) is 17.0 Å². The van der Waals surface area contributed by atoms with Gasteiger partial charge in [0.1, 0.15) is 5.75 Å². The summed E-state index contributed by atoms with van der Waals surface area (Å²) in [5.41, 5.74) is 0.820. The van der Waals surface area contributed by atoms with Gasteiger partial charge in [-0.3, -0.25) is 0 Å². The summed E-state index contributed by atoms with van der Waals surface area (Å²) in [6.45, 7) is 3.07. The Bertz CT molecular complexity index is 547. The Balaban J connectivity index is 2.85. The zero-order valence-electron chi connectivity index (χ0n) is 13.0. The van der Waals surface area contributed by atoms with Gasteiger partial charge in [0.25, 0.3) is 0 Å². The van der Waals surface area contributed by atoms with Crippen molar-refractivity contribution in [3.63, 3.8) is 0 Å². The van der Waals surface area contributed by atoms with Crippen LogP contribution in [0.2, 0.25) is 0 Å². The second-order valence-corrected chi connectivity index (χ2v) is 7.78. The van der Waals surface area contributed by atoms with Crippen molar-refractivity contribution in [2.45, 2.75) is 30.0 Å². The van der Waals surface area contributed by atoms with Crippen molar-refractivity contribution in [3.05, 3.63) is 23.8 Å². The van der Waals surface area contributed by atoms with Crippen molar-refractivity contribution in [2.75, 3.05) is 27.0 Å². The van der Waals surface area contributed by atoms with E-state index in [9.17, 15) is 8.42 Å². The van der Waals surface area contributed by atoms with Gasteiger partial charge in [0, 0.05) is 23.9 Å². The maximum absolute atomic E-state index is 12.3. The van der Waals surface area contributed by atoms with E-state index >= 15 is 0 Å². The molecule has 1 aromatic carbocycles. The van der Waals surface area contributed by atoms with Crippen LogP contribution in [0.15, 0.2) is 23.1 Å². The van der Waals surface area contributed by atoms with Crippen LogP contribution in [0.4, 0.5) is 0 Å². The molecule has 0 fully saturated rings. The van der Waals surface area contributed by atoms with E-state index in [1.54, 1.807) is 37.1 Å². The van der Waals surface area contributed by atoms with Gasteiger partial charge in [0.05, 0.1) is 12.0 Å². The molecule has 0 radical (unpaired) electrons. The topological polar surface area (TPSA) is 67.4 Å². The lowest BCUT2D eigenvalue weighted by Crippen LogP contribution is -2.26. The van der Waals surface area contributed by atoms with Crippen molar-refractivity contribution in [2.24, 2.45) is 0 Å². The van der Waals surface area contributed by atoms with E-state index in [4.69, 9.17) is 4.74 Å². The van der Waals surface area contributed by atoms with E-state index in [1.165, 1.54) is 0 Å². The molecule has 1 atom stereocenters. The molecular formula is C14H24N2O3S2. The summed E-state index contributed by atoms with van der Waals surface area (Å²) >= 11 is 1.73. The maximum Gasteiger partial charge on any atom is 0.240 e. The third kappa shape index (κ3) is 5.50. The Kier molecular flexibility index (Phi) is 7.51. The average molecular weight is 332 g/mol. The Labute approximate surface area is 131 Å². The standard InChI is InChI=1S/C14H24N2O3S2/c1-11(20-4)7-8-16-21(17,18)13-5-6-14(19-3)12(9-13)10-15-2/h5-6,9,11,15-16H,7-8,10H2,1-4H3. The third-order valence-electron chi connectivity index (χ3n) is 3.17. The highest BCUT2D eigenvalue weighted by Crippen LogP contribution is 2.22. The molecule has 0 aliphatic heterocycles. The maximum atomic E-state index is 12.3. The van der Waals surface area contributed by atoms with Crippen LogP contribution in [0.1, 0.15) is 18.9 Å². The minimum Gasteiger partial charge on any atom is -0.496 e. The van der Waals surface area contributed by atoms with E-state index in [0.29, 0.717) is 24.1 Å². The number of nitrogens with one attached hydrogen (secondary N) is 2. The summed E-state index contributed by atoms with van der Waals surface area (Å²) < 4.78 is 32.4. The van der Waals surface area contributed by atoms with Gasteiger partial charge in [-0.2, -0.15) is 11.8 Å². The largest absolute Gasteiger partial charge is 0.496 e. The molecule has 21 heavy (non-hydrogen) atoms. The van der Waals surface area contributed by atoms with Gasteiger partial charge in [-0.25, -0.2) is 13.1 Å². The third-order valence-corrected chi connectivity index (χ3v) is 5.67. The highest BCUT2D eigenvalue weighted by Gasteiger charge is 2.16. The lowest BCUT2D eigenvalue weighted by molar-refractivity contribution is 0.408. The first kappa shape index (κ1) is 18.3. The van der Waals surface area contributed by atoms with Crippen LogP contribution >= 0.6 is 11.8 Å². The molecule has 0 amide bonds. The van der Waals surface area contributed by atoms with Gasteiger partial charge in [-0.05, 0) is 37.9 Å². The number of hydrogen-bond donors (Lipinski definition) is 2. The van der Waals surface area contributed by atoms with E-state index < -0.39 is 10.0 Å². The first-order valence-electron chi connectivity index (χ1n) is 6.78. The van der Waals surface area contributed by atoms with Crippen molar-refractivity contribution >= 4 is 21.8 Å². The molecule has 0 spiro atoms. The molecule has 1 aromatic rings. The van der Waals surface area contributed by atoms with E-state index in [0.717, 1.165) is 12.0 Å². The molecule has 0 aliphatic carbocycles. The van der Waals surface area contributed by atoms with Crippen molar-refractivity contribution in [3.8, 4) is 5.75 Å². The fourth-order valence-electron chi connectivity index (χ4n) is 1.85. The Morgan fingerprint density at radius 3 is 2.67 bits per heavy atom. The molecule has 1 rings (SSSR count). The zero-order chi connectivity index (χ0) is 15.9. The number of benzene rings is 1. The fourth-order valence-corrected chi connectivity index (χ4v) is 3.30. The number of sulfonamides is 1.